The first-order valence-electron chi connectivity index (χ1n) is 6.72. The van der Waals surface area contributed by atoms with Crippen molar-refractivity contribution in [3.8, 4) is 0 Å². The van der Waals surface area contributed by atoms with Crippen molar-refractivity contribution in [3.05, 3.63) is 29.8 Å². The summed E-state index contributed by atoms with van der Waals surface area (Å²) < 4.78 is 26.6. The molecule has 0 saturated carbocycles. The normalized spacial score (nSPS) is 13.4. The smallest absolute Gasteiger partial charge is 0.210 e. The second kappa shape index (κ2) is 7.88. The van der Waals surface area contributed by atoms with Crippen LogP contribution in [0.2, 0.25) is 0 Å². The van der Waals surface area contributed by atoms with Gasteiger partial charge < -0.3 is 0 Å². The standard InChI is InChI=1S/C14H22ClNO2S/c1-3-5-12-7-9-14(10-8-12)19(17,18)16-11-13(15)6-4-2/h7-10,13,16H,3-6,11H2,1-2H3. The van der Waals surface area contributed by atoms with E-state index in [-0.39, 0.29) is 11.9 Å². The van der Waals surface area contributed by atoms with Crippen LogP contribution in [0, 0.1) is 0 Å². The summed E-state index contributed by atoms with van der Waals surface area (Å²) in [6.45, 7) is 4.39. The Morgan fingerprint density at radius 2 is 1.79 bits per heavy atom. The van der Waals surface area contributed by atoms with Crippen LogP contribution in [-0.2, 0) is 16.4 Å². The average molecular weight is 304 g/mol. The number of hydrogen-bond acceptors (Lipinski definition) is 2. The number of sulfonamides is 1. The van der Waals surface area contributed by atoms with E-state index in [0.717, 1.165) is 31.2 Å². The maximum absolute atomic E-state index is 12.0. The zero-order chi connectivity index (χ0) is 14.3. The maximum atomic E-state index is 12.0. The molecular formula is C14H22ClNO2S. The molecule has 0 spiro atoms. The van der Waals surface area contributed by atoms with Gasteiger partial charge in [-0.15, -0.1) is 11.6 Å². The summed E-state index contributed by atoms with van der Waals surface area (Å²) in [6, 6.07) is 7.03. The van der Waals surface area contributed by atoms with Gasteiger partial charge >= 0.3 is 0 Å². The number of halogens is 1. The van der Waals surface area contributed by atoms with E-state index in [0.29, 0.717) is 4.90 Å². The lowest BCUT2D eigenvalue weighted by atomic mass is 10.1. The second-order valence-electron chi connectivity index (χ2n) is 4.63. The van der Waals surface area contributed by atoms with E-state index in [1.165, 1.54) is 0 Å². The lowest BCUT2D eigenvalue weighted by Crippen LogP contribution is -2.29. The first kappa shape index (κ1) is 16.5. The molecule has 0 bridgehead atoms. The zero-order valence-corrected chi connectivity index (χ0v) is 13.1. The molecule has 0 aliphatic heterocycles. The monoisotopic (exact) mass is 303 g/mol. The van der Waals surface area contributed by atoms with Crippen LogP contribution in [0.4, 0.5) is 0 Å². The second-order valence-corrected chi connectivity index (χ2v) is 7.02. The minimum absolute atomic E-state index is 0.154. The summed E-state index contributed by atoms with van der Waals surface area (Å²) in [6.07, 6.45) is 3.77. The van der Waals surface area contributed by atoms with Crippen LogP contribution in [0.25, 0.3) is 0 Å². The van der Waals surface area contributed by atoms with E-state index in [4.69, 9.17) is 11.6 Å². The van der Waals surface area contributed by atoms with Crippen molar-refractivity contribution in [1.82, 2.24) is 4.72 Å². The summed E-state index contributed by atoms with van der Waals surface area (Å²) in [5, 5.41) is -0.154. The van der Waals surface area contributed by atoms with Gasteiger partial charge in [0.15, 0.2) is 0 Å². The van der Waals surface area contributed by atoms with Crippen molar-refractivity contribution >= 4 is 21.6 Å². The van der Waals surface area contributed by atoms with Gasteiger partial charge in [-0.25, -0.2) is 13.1 Å². The Bertz CT molecular complexity index is 471. The highest BCUT2D eigenvalue weighted by Gasteiger charge is 2.15. The summed E-state index contributed by atoms with van der Waals surface area (Å²) >= 11 is 6.01. The molecule has 108 valence electrons. The van der Waals surface area contributed by atoms with Crippen LogP contribution in [0.15, 0.2) is 29.2 Å². The fourth-order valence-electron chi connectivity index (χ4n) is 1.82. The highest BCUT2D eigenvalue weighted by atomic mass is 35.5. The zero-order valence-electron chi connectivity index (χ0n) is 11.5. The molecular weight excluding hydrogens is 282 g/mol. The van der Waals surface area contributed by atoms with Gasteiger partial charge in [-0.3, -0.25) is 0 Å². The van der Waals surface area contributed by atoms with Gasteiger partial charge in [0.25, 0.3) is 0 Å². The molecule has 0 saturated heterocycles. The van der Waals surface area contributed by atoms with Crippen molar-refractivity contribution in [1.29, 1.82) is 0 Å². The van der Waals surface area contributed by atoms with Crippen molar-refractivity contribution < 1.29 is 8.42 Å². The topological polar surface area (TPSA) is 46.2 Å². The Hall–Kier alpha value is -0.580. The molecule has 0 heterocycles. The molecule has 3 nitrogen and oxygen atoms in total. The van der Waals surface area contributed by atoms with Crippen LogP contribution in [0.5, 0.6) is 0 Å². The number of benzene rings is 1. The first-order chi connectivity index (χ1) is 8.99. The largest absolute Gasteiger partial charge is 0.240 e. The van der Waals surface area contributed by atoms with Crippen molar-refractivity contribution in [3.63, 3.8) is 0 Å². The Morgan fingerprint density at radius 1 is 1.16 bits per heavy atom. The van der Waals surface area contributed by atoms with Gasteiger partial charge in [0.2, 0.25) is 10.0 Å². The fraction of sp³-hybridized carbons (Fsp3) is 0.571. The third-order valence-corrected chi connectivity index (χ3v) is 4.68. The molecule has 1 aromatic carbocycles. The van der Waals surface area contributed by atoms with Gasteiger partial charge in [-0.05, 0) is 30.5 Å². The van der Waals surface area contributed by atoms with E-state index in [2.05, 4.69) is 11.6 Å². The van der Waals surface area contributed by atoms with Crippen LogP contribution in [0.1, 0.15) is 38.7 Å². The van der Waals surface area contributed by atoms with Crippen LogP contribution < -0.4 is 4.72 Å². The van der Waals surface area contributed by atoms with E-state index in [9.17, 15) is 8.42 Å². The number of hydrogen-bond donors (Lipinski definition) is 1. The lowest BCUT2D eigenvalue weighted by Gasteiger charge is -2.11. The quantitative estimate of drug-likeness (QED) is 0.749. The molecule has 1 rings (SSSR count). The predicted octanol–water partition coefficient (Wildman–Crippen LogP) is 3.32. The van der Waals surface area contributed by atoms with E-state index in [1.54, 1.807) is 12.1 Å². The Balaban J connectivity index is 2.66. The van der Waals surface area contributed by atoms with Crippen molar-refractivity contribution in [2.45, 2.75) is 49.8 Å². The molecule has 1 atom stereocenters. The molecule has 1 aromatic rings. The SMILES string of the molecule is CCCc1ccc(S(=O)(=O)NCC(Cl)CCC)cc1. The lowest BCUT2D eigenvalue weighted by molar-refractivity contribution is 0.577. The van der Waals surface area contributed by atoms with E-state index < -0.39 is 10.0 Å². The number of alkyl halides is 1. The molecule has 0 aromatic heterocycles. The minimum atomic E-state index is -3.44. The highest BCUT2D eigenvalue weighted by Crippen LogP contribution is 2.12. The van der Waals surface area contributed by atoms with E-state index >= 15 is 0 Å². The number of rotatable bonds is 8. The van der Waals surface area contributed by atoms with Gasteiger partial charge in [-0.1, -0.05) is 38.8 Å². The van der Waals surface area contributed by atoms with Gasteiger partial charge in [0.05, 0.1) is 4.90 Å². The molecule has 0 amide bonds. The molecule has 0 radical (unpaired) electrons. The maximum Gasteiger partial charge on any atom is 0.240 e. The van der Waals surface area contributed by atoms with Crippen LogP contribution in [0.3, 0.4) is 0 Å². The molecule has 0 aliphatic rings. The van der Waals surface area contributed by atoms with Crippen LogP contribution in [-0.4, -0.2) is 20.3 Å². The summed E-state index contributed by atoms with van der Waals surface area (Å²) in [5.74, 6) is 0. The first-order valence-corrected chi connectivity index (χ1v) is 8.64. The fourth-order valence-corrected chi connectivity index (χ4v) is 3.29. The summed E-state index contributed by atoms with van der Waals surface area (Å²) in [7, 11) is -3.44. The molecule has 1 N–H and O–H groups in total. The summed E-state index contributed by atoms with van der Waals surface area (Å²) in [4.78, 5) is 0.299. The molecule has 5 heteroatoms. The highest BCUT2D eigenvalue weighted by molar-refractivity contribution is 7.89. The summed E-state index contributed by atoms with van der Waals surface area (Å²) in [5.41, 5.74) is 1.16. The Morgan fingerprint density at radius 3 is 2.32 bits per heavy atom. The van der Waals surface area contributed by atoms with Crippen LogP contribution >= 0.6 is 11.6 Å². The Kier molecular flexibility index (Phi) is 6.83. The van der Waals surface area contributed by atoms with Gasteiger partial charge in [-0.2, -0.15) is 0 Å². The van der Waals surface area contributed by atoms with Gasteiger partial charge in [0.1, 0.15) is 0 Å². The average Bonchev–Trinajstić information content (AvgIpc) is 2.38. The molecule has 1 unspecified atom stereocenters. The van der Waals surface area contributed by atoms with Gasteiger partial charge in [0, 0.05) is 11.9 Å². The van der Waals surface area contributed by atoms with Crippen molar-refractivity contribution in [2.75, 3.05) is 6.54 Å². The van der Waals surface area contributed by atoms with Crippen molar-refractivity contribution in [2.24, 2.45) is 0 Å². The third kappa shape index (κ3) is 5.51. The predicted molar refractivity (Wildman–Crippen MR) is 80.2 cm³/mol. The van der Waals surface area contributed by atoms with E-state index in [1.807, 2.05) is 19.1 Å². The molecule has 0 fully saturated rings. The minimum Gasteiger partial charge on any atom is -0.210 e. The number of aryl methyl sites for hydroxylation is 1. The number of nitrogens with one attached hydrogen (secondary N) is 1. The third-order valence-electron chi connectivity index (χ3n) is 2.87. The molecule has 19 heavy (non-hydrogen) atoms. The molecule has 0 aliphatic carbocycles. The Labute approximate surface area is 121 Å².